The average Bonchev–Trinajstić information content (AvgIpc) is 2.95. The molecule has 0 saturated carbocycles. The van der Waals surface area contributed by atoms with Gasteiger partial charge < -0.3 is 4.74 Å². The van der Waals surface area contributed by atoms with E-state index in [1.54, 1.807) is 6.08 Å². The molecule has 0 fully saturated rings. The Labute approximate surface area is 171 Å². The van der Waals surface area contributed by atoms with Gasteiger partial charge in [-0.05, 0) is 62.4 Å². The van der Waals surface area contributed by atoms with Crippen LogP contribution in [0.2, 0.25) is 0 Å². The molecule has 28 heavy (non-hydrogen) atoms. The van der Waals surface area contributed by atoms with Gasteiger partial charge in [0.25, 0.3) is 0 Å². The van der Waals surface area contributed by atoms with E-state index in [-0.39, 0.29) is 0 Å². The van der Waals surface area contributed by atoms with Gasteiger partial charge in [0.1, 0.15) is 18.2 Å². The van der Waals surface area contributed by atoms with E-state index in [9.17, 15) is 0 Å². The lowest BCUT2D eigenvalue weighted by Crippen LogP contribution is -2.22. The number of rotatable bonds is 8. The average molecular weight is 395 g/mol. The van der Waals surface area contributed by atoms with Crippen molar-refractivity contribution in [2.75, 3.05) is 13.7 Å². The van der Waals surface area contributed by atoms with Crippen molar-refractivity contribution in [2.24, 2.45) is 0 Å². The van der Waals surface area contributed by atoms with Gasteiger partial charge in [-0.2, -0.15) is 5.10 Å². The Hall–Kier alpha value is -2.70. The Balaban J connectivity index is 1.72. The molecule has 0 aliphatic rings. The Morgan fingerprint density at radius 3 is 2.54 bits per heavy atom. The van der Waals surface area contributed by atoms with Crippen LogP contribution in [0.5, 0.6) is 5.75 Å². The first kappa shape index (κ1) is 20.0. The van der Waals surface area contributed by atoms with Crippen LogP contribution in [0.15, 0.2) is 61.2 Å². The highest BCUT2D eigenvalue weighted by molar-refractivity contribution is 7.71. The first-order valence-corrected chi connectivity index (χ1v) is 9.64. The Bertz CT molecular complexity index is 1000. The van der Waals surface area contributed by atoms with Crippen molar-refractivity contribution >= 4 is 12.2 Å². The van der Waals surface area contributed by atoms with Crippen molar-refractivity contribution in [3.05, 3.63) is 82.9 Å². The van der Waals surface area contributed by atoms with Crippen LogP contribution >= 0.6 is 12.2 Å². The largest absolute Gasteiger partial charge is 0.490 e. The Morgan fingerprint density at radius 1 is 1.14 bits per heavy atom. The number of benzene rings is 2. The first-order chi connectivity index (χ1) is 13.5. The summed E-state index contributed by atoms with van der Waals surface area (Å²) in [4.78, 5) is 2.18. The number of aromatic nitrogens is 3. The molecule has 1 aromatic heterocycles. The zero-order valence-electron chi connectivity index (χ0n) is 16.6. The van der Waals surface area contributed by atoms with E-state index in [0.717, 1.165) is 23.8 Å². The lowest BCUT2D eigenvalue weighted by Gasteiger charge is -2.17. The fourth-order valence-corrected chi connectivity index (χ4v) is 3.47. The fourth-order valence-electron chi connectivity index (χ4n) is 3.14. The lowest BCUT2D eigenvalue weighted by molar-refractivity contribution is 0.243. The van der Waals surface area contributed by atoms with E-state index in [1.807, 2.05) is 40.4 Å². The summed E-state index contributed by atoms with van der Waals surface area (Å²) >= 11 is 5.71. The molecule has 3 rings (SSSR count). The maximum absolute atomic E-state index is 5.71. The fraction of sp³-hybridized carbons (Fsp3) is 0.273. The van der Waals surface area contributed by atoms with Gasteiger partial charge in [-0.25, -0.2) is 4.68 Å². The summed E-state index contributed by atoms with van der Waals surface area (Å²) in [5.41, 5.74) is 3.46. The van der Waals surface area contributed by atoms with Crippen molar-refractivity contribution in [3.63, 3.8) is 0 Å². The van der Waals surface area contributed by atoms with E-state index < -0.39 is 0 Å². The van der Waals surface area contributed by atoms with E-state index in [1.165, 1.54) is 11.1 Å². The van der Waals surface area contributed by atoms with Gasteiger partial charge in [-0.15, -0.1) is 0 Å². The molecule has 0 unspecified atom stereocenters. The summed E-state index contributed by atoms with van der Waals surface area (Å²) in [6.07, 6.45) is 1.74. The van der Waals surface area contributed by atoms with E-state index in [2.05, 4.69) is 54.8 Å². The second-order valence-corrected chi connectivity index (χ2v) is 7.22. The van der Waals surface area contributed by atoms with Crippen LogP contribution < -0.4 is 4.74 Å². The van der Waals surface area contributed by atoms with Crippen LogP contribution in [0.1, 0.15) is 17.0 Å². The van der Waals surface area contributed by atoms with Crippen LogP contribution in [0.3, 0.4) is 0 Å². The highest BCUT2D eigenvalue weighted by Crippen LogP contribution is 2.17. The van der Waals surface area contributed by atoms with Crippen molar-refractivity contribution in [2.45, 2.75) is 27.1 Å². The van der Waals surface area contributed by atoms with Crippen LogP contribution in [-0.2, 0) is 13.2 Å². The summed E-state index contributed by atoms with van der Waals surface area (Å²) in [5, 5.41) is 4.66. The lowest BCUT2D eigenvalue weighted by atomic mass is 10.2. The van der Waals surface area contributed by atoms with Crippen LogP contribution in [0, 0.1) is 18.6 Å². The number of para-hydroxylation sites is 1. The monoisotopic (exact) mass is 394 g/mol. The summed E-state index contributed by atoms with van der Waals surface area (Å²) in [6.45, 7) is 9.66. The van der Waals surface area contributed by atoms with Crippen molar-refractivity contribution in [1.29, 1.82) is 0 Å². The van der Waals surface area contributed by atoms with Crippen molar-refractivity contribution in [1.82, 2.24) is 19.2 Å². The topological polar surface area (TPSA) is 35.2 Å². The van der Waals surface area contributed by atoms with Crippen molar-refractivity contribution in [3.8, 4) is 11.4 Å². The number of hydrogen-bond acceptors (Lipinski definition) is 4. The van der Waals surface area contributed by atoms with Gasteiger partial charge in [0, 0.05) is 6.54 Å². The van der Waals surface area contributed by atoms with E-state index in [4.69, 9.17) is 17.0 Å². The van der Waals surface area contributed by atoms with Gasteiger partial charge in [-0.3, -0.25) is 9.47 Å². The number of hydrogen-bond donors (Lipinski definition) is 0. The van der Waals surface area contributed by atoms with E-state index >= 15 is 0 Å². The van der Waals surface area contributed by atoms with Crippen LogP contribution in [-0.4, -0.2) is 32.9 Å². The molecule has 1 heterocycles. The molecule has 0 saturated heterocycles. The van der Waals surface area contributed by atoms with Gasteiger partial charge in [0.15, 0.2) is 0 Å². The molecule has 2 aromatic carbocycles. The molecule has 146 valence electrons. The molecule has 6 heteroatoms. The number of nitrogens with zero attached hydrogens (tertiary/aromatic N) is 4. The molecule has 5 nitrogen and oxygen atoms in total. The molecular formula is C22H26N4OS. The predicted octanol–water partition coefficient (Wildman–Crippen LogP) is 4.67. The number of ether oxygens (including phenoxy) is 1. The third-order valence-corrected chi connectivity index (χ3v) is 4.87. The smallest absolute Gasteiger partial charge is 0.203 e. The Morgan fingerprint density at radius 2 is 1.86 bits per heavy atom. The summed E-state index contributed by atoms with van der Waals surface area (Å²) in [5.74, 6) is 1.73. The highest BCUT2D eigenvalue weighted by atomic mass is 32.1. The standard InChI is InChI=1S/C22H26N4OS/c1-5-14-27-20-12-10-19(11-13-20)15-24(4)16-25-22(28)26(18(3)23-25)21-9-7-6-8-17(21)2/h5-13H,1,14-16H2,2-4H3. The van der Waals surface area contributed by atoms with Gasteiger partial charge in [-0.1, -0.05) is 43.0 Å². The minimum absolute atomic E-state index is 0.514. The summed E-state index contributed by atoms with van der Waals surface area (Å²) in [6, 6.07) is 16.3. The molecule has 0 N–H and O–H groups in total. The first-order valence-electron chi connectivity index (χ1n) is 9.23. The zero-order valence-corrected chi connectivity index (χ0v) is 17.4. The Kier molecular flexibility index (Phi) is 6.44. The van der Waals surface area contributed by atoms with E-state index in [0.29, 0.717) is 18.0 Å². The molecule has 0 aliphatic heterocycles. The predicted molar refractivity (Wildman–Crippen MR) is 115 cm³/mol. The maximum atomic E-state index is 5.71. The zero-order chi connectivity index (χ0) is 20.1. The second kappa shape index (κ2) is 8.99. The third kappa shape index (κ3) is 4.58. The molecule has 0 radical (unpaired) electrons. The SMILES string of the molecule is C=CCOc1ccc(CN(C)Cn2nc(C)n(-c3ccccc3C)c2=S)cc1. The summed E-state index contributed by atoms with van der Waals surface area (Å²) in [7, 11) is 2.06. The van der Waals surface area contributed by atoms with Crippen LogP contribution in [0.25, 0.3) is 5.69 Å². The summed E-state index contributed by atoms with van der Waals surface area (Å²) < 4.78 is 10.1. The quantitative estimate of drug-likeness (QED) is 0.411. The number of aryl methyl sites for hydroxylation is 2. The maximum Gasteiger partial charge on any atom is 0.203 e. The second-order valence-electron chi connectivity index (χ2n) is 6.85. The van der Waals surface area contributed by atoms with Gasteiger partial charge in [0.05, 0.1) is 12.4 Å². The third-order valence-electron chi connectivity index (χ3n) is 4.48. The highest BCUT2D eigenvalue weighted by Gasteiger charge is 2.12. The molecule has 3 aromatic rings. The molecular weight excluding hydrogens is 368 g/mol. The molecule has 0 aliphatic carbocycles. The van der Waals surface area contributed by atoms with Gasteiger partial charge >= 0.3 is 0 Å². The van der Waals surface area contributed by atoms with Crippen LogP contribution in [0.4, 0.5) is 0 Å². The minimum Gasteiger partial charge on any atom is -0.490 e. The van der Waals surface area contributed by atoms with Crippen molar-refractivity contribution < 1.29 is 4.74 Å². The molecule has 0 amide bonds. The minimum atomic E-state index is 0.514. The molecule has 0 spiro atoms. The van der Waals surface area contributed by atoms with Gasteiger partial charge in [0.2, 0.25) is 4.77 Å². The molecule has 0 atom stereocenters. The molecule has 0 bridgehead atoms. The normalized spacial score (nSPS) is 11.0.